The number of guanidine groups is 1. The van der Waals surface area contributed by atoms with E-state index in [1.807, 2.05) is 32.9 Å². The molecule has 0 radical (unpaired) electrons. The van der Waals surface area contributed by atoms with E-state index in [0.29, 0.717) is 19.0 Å². The van der Waals surface area contributed by atoms with Crippen LogP contribution in [0.2, 0.25) is 0 Å². The van der Waals surface area contributed by atoms with E-state index in [1.54, 1.807) is 0 Å². The molecule has 0 aromatic carbocycles. The summed E-state index contributed by atoms with van der Waals surface area (Å²) in [5.74, 6) is 2.07. The van der Waals surface area contributed by atoms with E-state index in [9.17, 15) is 9.59 Å². The maximum Gasteiger partial charge on any atom is 0.324 e. The zero-order valence-corrected chi connectivity index (χ0v) is 16.4. The Morgan fingerprint density at radius 2 is 2.21 bits per heavy atom. The van der Waals surface area contributed by atoms with E-state index < -0.39 is 0 Å². The van der Waals surface area contributed by atoms with Crippen LogP contribution in [-0.2, 0) is 4.79 Å². The first-order chi connectivity index (χ1) is 11.0. The molecule has 1 saturated heterocycles. The van der Waals surface area contributed by atoms with Crippen LogP contribution in [-0.4, -0.2) is 49.0 Å². The molecule has 0 saturated carbocycles. The van der Waals surface area contributed by atoms with Crippen LogP contribution >= 0.6 is 24.0 Å². The second kappa shape index (κ2) is 9.50. The highest BCUT2D eigenvalue weighted by molar-refractivity contribution is 14.0. The van der Waals surface area contributed by atoms with Crippen molar-refractivity contribution in [1.29, 1.82) is 0 Å². The summed E-state index contributed by atoms with van der Waals surface area (Å²) >= 11 is 0. The molecular weight excluding hydrogens is 425 g/mol. The number of aryl methyl sites for hydroxylation is 1. The van der Waals surface area contributed by atoms with Crippen molar-refractivity contribution in [3.05, 3.63) is 23.7 Å². The van der Waals surface area contributed by atoms with Crippen LogP contribution in [0, 0.1) is 6.92 Å². The van der Waals surface area contributed by atoms with E-state index in [0.717, 1.165) is 11.5 Å². The fourth-order valence-electron chi connectivity index (χ4n) is 2.23. The van der Waals surface area contributed by atoms with Crippen LogP contribution in [0.3, 0.4) is 0 Å². The molecule has 3 amide bonds. The summed E-state index contributed by atoms with van der Waals surface area (Å²) in [5, 5.41) is 8.85. The number of aliphatic imine (C=N–C) groups is 1. The van der Waals surface area contributed by atoms with Crippen LogP contribution in [0.1, 0.15) is 31.4 Å². The molecule has 0 spiro atoms. The van der Waals surface area contributed by atoms with Gasteiger partial charge in [0.1, 0.15) is 11.5 Å². The van der Waals surface area contributed by atoms with Gasteiger partial charge >= 0.3 is 6.03 Å². The van der Waals surface area contributed by atoms with Crippen molar-refractivity contribution in [3.63, 3.8) is 0 Å². The highest BCUT2D eigenvalue weighted by Gasteiger charge is 2.27. The first-order valence-corrected chi connectivity index (χ1v) is 7.70. The Balaban J connectivity index is 0.00000288. The minimum absolute atomic E-state index is 0. The fraction of sp³-hybridized carbons (Fsp3) is 0.533. The summed E-state index contributed by atoms with van der Waals surface area (Å²) in [7, 11) is 0. The summed E-state index contributed by atoms with van der Waals surface area (Å²) in [6.45, 7) is 7.20. The molecule has 3 N–H and O–H groups in total. The van der Waals surface area contributed by atoms with Crippen LogP contribution in [0.15, 0.2) is 21.5 Å². The molecule has 0 aliphatic carbocycles. The third kappa shape index (κ3) is 5.39. The molecule has 1 aliphatic rings. The van der Waals surface area contributed by atoms with Crippen molar-refractivity contribution in [2.45, 2.75) is 26.8 Å². The van der Waals surface area contributed by atoms with Crippen LogP contribution in [0.25, 0.3) is 0 Å². The van der Waals surface area contributed by atoms with Crippen LogP contribution < -0.4 is 16.0 Å². The van der Waals surface area contributed by atoms with Gasteiger partial charge in [0, 0.05) is 6.54 Å². The number of urea groups is 1. The molecule has 1 aliphatic heterocycles. The smallest absolute Gasteiger partial charge is 0.324 e. The van der Waals surface area contributed by atoms with E-state index in [2.05, 4.69) is 20.9 Å². The zero-order chi connectivity index (χ0) is 16.8. The molecule has 134 valence electrons. The number of amides is 3. The third-order valence-electron chi connectivity index (χ3n) is 3.42. The van der Waals surface area contributed by atoms with Gasteiger partial charge in [-0.15, -0.1) is 24.0 Å². The van der Waals surface area contributed by atoms with Gasteiger partial charge in [0.05, 0.1) is 25.7 Å². The normalized spacial score (nSPS) is 15.8. The number of hydrogen-bond acceptors (Lipinski definition) is 4. The monoisotopic (exact) mass is 449 g/mol. The average molecular weight is 449 g/mol. The summed E-state index contributed by atoms with van der Waals surface area (Å²) < 4.78 is 5.59. The molecular formula is C15H24IN5O3. The standard InChI is InChI=1S/C15H23N5O3.HI/c1-4-16-14(19-11(3)12-6-5-10(2)23-12)17-7-8-20-13(21)9-18-15(20)22;/h5-6,11H,4,7-9H2,1-3H3,(H,18,22)(H2,16,17,19);1H. The second-order valence-electron chi connectivity index (χ2n) is 5.28. The SMILES string of the molecule is CCNC(=NCCN1C(=O)CNC1=O)NC(C)c1ccc(C)o1.I. The van der Waals surface area contributed by atoms with Gasteiger partial charge in [0.25, 0.3) is 0 Å². The summed E-state index contributed by atoms with van der Waals surface area (Å²) in [5.41, 5.74) is 0. The Kier molecular flexibility index (Phi) is 8.02. The minimum Gasteiger partial charge on any atom is -0.464 e. The average Bonchev–Trinajstić information content (AvgIpc) is 3.07. The van der Waals surface area contributed by atoms with Gasteiger partial charge in [0.2, 0.25) is 5.91 Å². The highest BCUT2D eigenvalue weighted by atomic mass is 127. The van der Waals surface area contributed by atoms with Gasteiger partial charge in [-0.25, -0.2) is 4.79 Å². The maximum atomic E-state index is 11.5. The molecule has 1 fully saturated rings. The second-order valence-corrected chi connectivity index (χ2v) is 5.28. The van der Waals surface area contributed by atoms with Gasteiger partial charge in [0.15, 0.2) is 5.96 Å². The number of nitrogens with zero attached hydrogens (tertiary/aromatic N) is 2. The minimum atomic E-state index is -0.359. The topological polar surface area (TPSA) is 99.0 Å². The van der Waals surface area contributed by atoms with E-state index in [1.165, 1.54) is 4.90 Å². The number of rotatable bonds is 6. The molecule has 1 unspecified atom stereocenters. The molecule has 9 heteroatoms. The van der Waals surface area contributed by atoms with Crippen molar-refractivity contribution < 1.29 is 14.0 Å². The van der Waals surface area contributed by atoms with Gasteiger partial charge in [-0.3, -0.25) is 14.7 Å². The molecule has 2 heterocycles. The summed E-state index contributed by atoms with van der Waals surface area (Å²) in [4.78, 5) is 28.5. The van der Waals surface area contributed by atoms with Crippen molar-refractivity contribution in [2.75, 3.05) is 26.2 Å². The van der Waals surface area contributed by atoms with Crippen LogP contribution in [0.4, 0.5) is 4.79 Å². The number of halogens is 1. The third-order valence-corrected chi connectivity index (χ3v) is 3.42. The summed E-state index contributed by atoms with van der Waals surface area (Å²) in [6, 6.07) is 3.43. The largest absolute Gasteiger partial charge is 0.464 e. The molecule has 1 aromatic heterocycles. The molecule has 8 nitrogen and oxygen atoms in total. The van der Waals surface area contributed by atoms with E-state index in [-0.39, 0.29) is 55.0 Å². The van der Waals surface area contributed by atoms with E-state index in [4.69, 9.17) is 4.42 Å². The molecule has 0 bridgehead atoms. The summed E-state index contributed by atoms with van der Waals surface area (Å²) in [6.07, 6.45) is 0. The number of hydrogen-bond donors (Lipinski definition) is 3. The van der Waals surface area contributed by atoms with Crippen molar-refractivity contribution in [1.82, 2.24) is 20.9 Å². The maximum absolute atomic E-state index is 11.5. The van der Waals surface area contributed by atoms with Crippen molar-refractivity contribution >= 4 is 41.9 Å². The van der Waals surface area contributed by atoms with Gasteiger partial charge in [-0.05, 0) is 32.9 Å². The molecule has 2 rings (SSSR count). The van der Waals surface area contributed by atoms with Gasteiger partial charge < -0.3 is 20.4 Å². The molecule has 24 heavy (non-hydrogen) atoms. The predicted octanol–water partition coefficient (Wildman–Crippen LogP) is 1.37. The lowest BCUT2D eigenvalue weighted by Gasteiger charge is -2.17. The molecule has 1 atom stereocenters. The Morgan fingerprint density at radius 1 is 1.46 bits per heavy atom. The van der Waals surface area contributed by atoms with Crippen LogP contribution in [0.5, 0.6) is 0 Å². The quantitative estimate of drug-likeness (QED) is 0.264. The number of carbonyl (C=O) groups excluding carboxylic acids is 2. The Labute approximate surface area is 158 Å². The zero-order valence-electron chi connectivity index (χ0n) is 14.1. The fourth-order valence-corrected chi connectivity index (χ4v) is 2.23. The van der Waals surface area contributed by atoms with Gasteiger partial charge in [-0.1, -0.05) is 0 Å². The lowest BCUT2D eigenvalue weighted by Crippen LogP contribution is -2.39. The van der Waals surface area contributed by atoms with Gasteiger partial charge in [-0.2, -0.15) is 0 Å². The highest BCUT2D eigenvalue weighted by Crippen LogP contribution is 2.15. The number of carbonyl (C=O) groups is 2. The van der Waals surface area contributed by atoms with E-state index >= 15 is 0 Å². The number of imide groups is 1. The predicted molar refractivity (Wildman–Crippen MR) is 102 cm³/mol. The Morgan fingerprint density at radius 3 is 2.75 bits per heavy atom. The lowest BCUT2D eigenvalue weighted by molar-refractivity contribution is -0.124. The van der Waals surface area contributed by atoms with Crippen molar-refractivity contribution in [3.8, 4) is 0 Å². The molecule has 1 aromatic rings. The van der Waals surface area contributed by atoms with Crippen molar-refractivity contribution in [2.24, 2.45) is 4.99 Å². The Bertz CT molecular complexity index is 586. The first-order valence-electron chi connectivity index (χ1n) is 7.70. The first kappa shape index (κ1) is 20.3. The Hall–Kier alpha value is -1.78. The number of nitrogens with one attached hydrogen (secondary N) is 3. The lowest BCUT2D eigenvalue weighted by atomic mass is 10.2. The number of furan rings is 1.